The molecule has 0 saturated heterocycles. The zero-order valence-corrected chi connectivity index (χ0v) is 13.3. The predicted octanol–water partition coefficient (Wildman–Crippen LogP) is 2.19. The second kappa shape index (κ2) is 7.24. The van der Waals surface area contributed by atoms with Crippen molar-refractivity contribution in [3.63, 3.8) is 0 Å². The highest BCUT2D eigenvalue weighted by molar-refractivity contribution is 6.03. The minimum Gasteiger partial charge on any atom is -0.406 e. The van der Waals surface area contributed by atoms with Crippen LogP contribution in [0.5, 0.6) is 5.75 Å². The van der Waals surface area contributed by atoms with E-state index < -0.39 is 6.36 Å². The molecule has 130 valence electrons. The molecular weight excluding hydrogens is 323 g/mol. The lowest BCUT2D eigenvalue weighted by Gasteiger charge is -2.21. The van der Waals surface area contributed by atoms with Gasteiger partial charge in [-0.05, 0) is 24.3 Å². The van der Waals surface area contributed by atoms with Gasteiger partial charge >= 0.3 is 6.36 Å². The van der Waals surface area contributed by atoms with Gasteiger partial charge in [0.05, 0.1) is 0 Å². The number of hydrogen-bond donors (Lipinski definition) is 1. The van der Waals surface area contributed by atoms with E-state index in [4.69, 9.17) is 5.73 Å². The highest BCUT2D eigenvalue weighted by Crippen LogP contribution is 2.25. The maximum atomic E-state index is 12.2. The van der Waals surface area contributed by atoms with Crippen LogP contribution in [0.25, 0.3) is 0 Å². The number of guanidine groups is 2. The molecule has 0 aliphatic carbocycles. The van der Waals surface area contributed by atoms with Crippen LogP contribution in [-0.2, 0) is 0 Å². The molecule has 9 heteroatoms. The highest BCUT2D eigenvalue weighted by Gasteiger charge is 2.31. The van der Waals surface area contributed by atoms with Crippen LogP contribution in [0.3, 0.4) is 0 Å². The summed E-state index contributed by atoms with van der Waals surface area (Å²) in [7, 11) is 3.26. The lowest BCUT2D eigenvalue weighted by atomic mass is 10.3. The average Bonchev–Trinajstić information content (AvgIpc) is 3.05. The number of benzene rings is 1. The Kier molecular flexibility index (Phi) is 5.32. The molecule has 0 atom stereocenters. The van der Waals surface area contributed by atoms with Gasteiger partial charge in [-0.25, -0.2) is 0 Å². The molecule has 1 aromatic rings. The van der Waals surface area contributed by atoms with Gasteiger partial charge in [-0.3, -0.25) is 4.99 Å². The van der Waals surface area contributed by atoms with Gasteiger partial charge in [-0.2, -0.15) is 4.99 Å². The number of halogens is 3. The van der Waals surface area contributed by atoms with Crippen molar-refractivity contribution in [1.82, 2.24) is 4.90 Å². The predicted molar refractivity (Wildman–Crippen MR) is 87.2 cm³/mol. The number of nitrogens with two attached hydrogens (primary N) is 1. The van der Waals surface area contributed by atoms with Gasteiger partial charge in [0.15, 0.2) is 5.96 Å². The maximum Gasteiger partial charge on any atom is 0.573 e. The second-order valence-electron chi connectivity index (χ2n) is 4.97. The molecule has 1 heterocycles. The van der Waals surface area contributed by atoms with Crippen LogP contribution in [0, 0.1) is 0 Å². The fraction of sp³-hybridized carbons (Fsp3) is 0.333. The maximum absolute atomic E-state index is 12.2. The monoisotopic (exact) mass is 341 g/mol. The highest BCUT2D eigenvalue weighted by atomic mass is 19.4. The van der Waals surface area contributed by atoms with Crippen LogP contribution >= 0.6 is 0 Å². The number of nitrogens with zero attached hydrogens (tertiary/aromatic N) is 4. The van der Waals surface area contributed by atoms with E-state index in [1.807, 2.05) is 17.1 Å². The van der Waals surface area contributed by atoms with E-state index in [0.29, 0.717) is 30.7 Å². The summed E-state index contributed by atoms with van der Waals surface area (Å²) in [4.78, 5) is 11.8. The normalized spacial score (nSPS) is 15.8. The Morgan fingerprint density at radius 2 is 1.79 bits per heavy atom. The van der Waals surface area contributed by atoms with Gasteiger partial charge in [-0.1, -0.05) is 12.2 Å². The summed E-state index contributed by atoms with van der Waals surface area (Å²) in [6, 6.07) is 5.42. The Hall–Kier alpha value is -2.71. The number of anilines is 1. The van der Waals surface area contributed by atoms with Crippen LogP contribution < -0.4 is 15.4 Å². The Morgan fingerprint density at radius 1 is 1.21 bits per heavy atom. The molecule has 0 amide bonds. The van der Waals surface area contributed by atoms with Crippen molar-refractivity contribution in [3.8, 4) is 5.75 Å². The second-order valence-corrected chi connectivity index (χ2v) is 4.97. The van der Waals surface area contributed by atoms with Gasteiger partial charge in [0.2, 0.25) is 5.96 Å². The largest absolute Gasteiger partial charge is 0.573 e. The summed E-state index contributed by atoms with van der Waals surface area (Å²) in [5, 5.41) is 0. The molecule has 0 bridgehead atoms. The van der Waals surface area contributed by atoms with E-state index in [0.717, 1.165) is 0 Å². The van der Waals surface area contributed by atoms with Gasteiger partial charge in [0, 0.05) is 32.9 Å². The quantitative estimate of drug-likeness (QED) is 0.509. The zero-order valence-electron chi connectivity index (χ0n) is 13.3. The number of ether oxygens (including phenoxy) is 1. The van der Waals surface area contributed by atoms with Gasteiger partial charge in [0.1, 0.15) is 5.75 Å². The molecule has 0 saturated carbocycles. The molecule has 0 unspecified atom stereocenters. The SMILES string of the molecule is CN=C(N=C(N)N1CC=CC1)N(C)c1ccc(OC(F)(F)F)cc1. The minimum atomic E-state index is -4.72. The van der Waals surface area contributed by atoms with Crippen LogP contribution in [0.2, 0.25) is 0 Å². The molecule has 0 radical (unpaired) electrons. The molecule has 1 aromatic carbocycles. The topological polar surface area (TPSA) is 66.5 Å². The first-order chi connectivity index (χ1) is 11.3. The van der Waals surface area contributed by atoms with Crippen LogP contribution in [0.4, 0.5) is 18.9 Å². The first kappa shape index (κ1) is 17.6. The third-order valence-corrected chi connectivity index (χ3v) is 3.31. The lowest BCUT2D eigenvalue weighted by molar-refractivity contribution is -0.274. The van der Waals surface area contributed by atoms with Crippen LogP contribution in [0.1, 0.15) is 0 Å². The Bertz CT molecular complexity index is 644. The fourth-order valence-electron chi connectivity index (χ4n) is 2.10. The standard InChI is InChI=1S/C15H18F3N5O/c1-20-14(21-13(19)23-9-3-4-10-23)22(2)11-5-7-12(8-6-11)24-15(16,17)18/h3-8H,9-10H2,1-2H3,(H2,19,20,21). The van der Waals surface area contributed by atoms with E-state index in [1.54, 1.807) is 19.0 Å². The number of alkyl halides is 3. The van der Waals surface area contributed by atoms with Gasteiger partial charge in [-0.15, -0.1) is 13.2 Å². The van der Waals surface area contributed by atoms with E-state index in [1.165, 1.54) is 24.3 Å². The van der Waals surface area contributed by atoms with Crippen molar-refractivity contribution in [1.29, 1.82) is 0 Å². The first-order valence-corrected chi connectivity index (χ1v) is 7.10. The fourth-order valence-corrected chi connectivity index (χ4v) is 2.10. The summed E-state index contributed by atoms with van der Waals surface area (Å²) in [6.07, 6.45) is -0.756. The van der Waals surface area contributed by atoms with Crippen molar-refractivity contribution < 1.29 is 17.9 Å². The molecular formula is C15H18F3N5O. The molecule has 2 rings (SSSR count). The molecule has 0 spiro atoms. The zero-order chi connectivity index (χ0) is 17.7. The molecule has 6 nitrogen and oxygen atoms in total. The van der Waals surface area contributed by atoms with Crippen LogP contribution in [0.15, 0.2) is 46.4 Å². The summed E-state index contributed by atoms with van der Waals surface area (Å²) in [5.74, 6) is 0.370. The Morgan fingerprint density at radius 3 is 2.29 bits per heavy atom. The minimum absolute atomic E-state index is 0.291. The third-order valence-electron chi connectivity index (χ3n) is 3.31. The van der Waals surface area contributed by atoms with Crippen molar-refractivity contribution in [2.75, 3.05) is 32.1 Å². The molecule has 0 fully saturated rings. The van der Waals surface area contributed by atoms with Gasteiger partial charge < -0.3 is 20.3 Å². The van der Waals surface area contributed by atoms with Crippen molar-refractivity contribution in [2.45, 2.75) is 6.36 Å². The molecule has 2 N–H and O–H groups in total. The number of aliphatic imine (C=N–C) groups is 2. The van der Waals surface area contributed by atoms with E-state index in [2.05, 4.69) is 14.7 Å². The molecule has 1 aliphatic heterocycles. The van der Waals surface area contributed by atoms with E-state index in [9.17, 15) is 13.2 Å². The Labute approximate surface area is 137 Å². The summed E-state index contributed by atoms with van der Waals surface area (Å²) >= 11 is 0. The molecule has 1 aliphatic rings. The molecule has 24 heavy (non-hydrogen) atoms. The number of hydrogen-bond acceptors (Lipinski definition) is 2. The van der Waals surface area contributed by atoms with Gasteiger partial charge in [0.25, 0.3) is 0 Å². The van der Waals surface area contributed by atoms with Crippen molar-refractivity contribution in [2.24, 2.45) is 15.7 Å². The summed E-state index contributed by atoms with van der Waals surface area (Å²) in [6.45, 7) is 1.36. The van der Waals surface area contributed by atoms with E-state index >= 15 is 0 Å². The number of rotatable bonds is 2. The average molecular weight is 341 g/mol. The van der Waals surface area contributed by atoms with E-state index in [-0.39, 0.29) is 5.75 Å². The smallest absolute Gasteiger partial charge is 0.406 e. The summed E-state index contributed by atoms with van der Waals surface area (Å²) in [5.41, 5.74) is 6.55. The summed E-state index contributed by atoms with van der Waals surface area (Å²) < 4.78 is 40.4. The first-order valence-electron chi connectivity index (χ1n) is 7.10. The van der Waals surface area contributed by atoms with Crippen LogP contribution in [-0.4, -0.2) is 50.4 Å². The van der Waals surface area contributed by atoms with Crippen molar-refractivity contribution >= 4 is 17.6 Å². The Balaban J connectivity index is 2.11. The third kappa shape index (κ3) is 4.64. The lowest BCUT2D eigenvalue weighted by Crippen LogP contribution is -2.38. The molecule has 0 aromatic heterocycles. The van der Waals surface area contributed by atoms with Crippen molar-refractivity contribution in [3.05, 3.63) is 36.4 Å².